The minimum Gasteiger partial charge on any atom is -0.493 e. The number of carbonyl (C=O) groups excluding carboxylic acids is 1. The van der Waals surface area contributed by atoms with Crippen LogP contribution >= 0.6 is 0 Å². The van der Waals surface area contributed by atoms with Gasteiger partial charge in [0.25, 0.3) is 0 Å². The Hall–Kier alpha value is -1.55. The second-order valence-corrected chi connectivity index (χ2v) is 5.97. The zero-order valence-corrected chi connectivity index (χ0v) is 12.7. The third kappa shape index (κ3) is 3.76. The molecule has 2 N–H and O–H groups in total. The van der Waals surface area contributed by atoms with E-state index in [1.807, 2.05) is 0 Å². The van der Waals surface area contributed by atoms with Crippen LogP contribution in [0, 0.1) is 0 Å². The Bertz CT molecular complexity index is 512. The number of benzene rings is 1. The fourth-order valence-electron chi connectivity index (χ4n) is 2.81. The van der Waals surface area contributed by atoms with Gasteiger partial charge in [-0.2, -0.15) is 0 Å². The van der Waals surface area contributed by atoms with E-state index in [1.54, 1.807) is 0 Å². The normalized spacial score (nSPS) is 18.0. The molecule has 3 rings (SSSR count). The molecule has 2 aliphatic rings. The van der Waals surface area contributed by atoms with Gasteiger partial charge < -0.3 is 15.4 Å². The van der Waals surface area contributed by atoms with Crippen LogP contribution < -0.4 is 15.4 Å². The summed E-state index contributed by atoms with van der Waals surface area (Å²) < 4.78 is 5.55. The van der Waals surface area contributed by atoms with Crippen molar-refractivity contribution < 1.29 is 9.53 Å². The predicted octanol–water partition coefficient (Wildman–Crippen LogP) is 2.33. The minimum atomic E-state index is 0.169. The molecule has 0 bridgehead atoms. The maximum absolute atomic E-state index is 11.7. The fraction of sp³-hybridized carbons (Fsp3) is 0.588. The lowest BCUT2D eigenvalue weighted by Crippen LogP contribution is -2.30. The van der Waals surface area contributed by atoms with E-state index >= 15 is 0 Å². The number of ether oxygens (including phenoxy) is 1. The number of hydrogen-bond acceptors (Lipinski definition) is 3. The van der Waals surface area contributed by atoms with Crippen molar-refractivity contribution in [2.24, 2.45) is 0 Å². The van der Waals surface area contributed by atoms with Gasteiger partial charge in [-0.15, -0.1) is 0 Å². The maximum Gasteiger partial charge on any atom is 0.221 e. The first kappa shape index (κ1) is 14.4. The summed E-state index contributed by atoms with van der Waals surface area (Å²) in [5.41, 5.74) is 2.60. The number of rotatable bonds is 7. The zero-order valence-electron chi connectivity index (χ0n) is 12.7. The lowest BCUT2D eigenvalue weighted by Gasteiger charge is -2.18. The van der Waals surface area contributed by atoms with Gasteiger partial charge in [0.15, 0.2) is 0 Å². The number of hydrogen-bond donors (Lipinski definition) is 2. The van der Waals surface area contributed by atoms with Gasteiger partial charge in [-0.3, -0.25) is 4.79 Å². The molecule has 114 valence electrons. The lowest BCUT2D eigenvalue weighted by atomic mass is 10.0. The van der Waals surface area contributed by atoms with Crippen molar-refractivity contribution >= 4 is 5.91 Å². The highest BCUT2D eigenvalue weighted by molar-refractivity contribution is 5.76. The first-order chi connectivity index (χ1) is 10.3. The molecule has 1 heterocycles. The summed E-state index contributed by atoms with van der Waals surface area (Å²) in [6.45, 7) is 3.70. The Morgan fingerprint density at radius 1 is 1.43 bits per heavy atom. The van der Waals surface area contributed by atoms with E-state index in [0.717, 1.165) is 44.6 Å². The molecule has 1 atom stereocenters. The summed E-state index contributed by atoms with van der Waals surface area (Å²) in [5, 5.41) is 6.52. The molecule has 0 saturated heterocycles. The molecule has 1 aliphatic carbocycles. The molecular weight excluding hydrogens is 264 g/mol. The molecule has 1 fully saturated rings. The average molecular weight is 288 g/mol. The molecule has 21 heavy (non-hydrogen) atoms. The molecule has 1 saturated carbocycles. The highest BCUT2D eigenvalue weighted by Crippen LogP contribution is 2.29. The molecule has 1 aromatic carbocycles. The van der Waals surface area contributed by atoms with Crippen LogP contribution in [0.25, 0.3) is 0 Å². The van der Waals surface area contributed by atoms with Gasteiger partial charge in [0, 0.05) is 31.5 Å². The smallest absolute Gasteiger partial charge is 0.221 e. The molecule has 4 nitrogen and oxygen atoms in total. The van der Waals surface area contributed by atoms with Crippen molar-refractivity contribution in [3.63, 3.8) is 0 Å². The van der Waals surface area contributed by atoms with E-state index < -0.39 is 0 Å². The standard InChI is InChI=1S/C17H24N2O2/c1-2-15(18-9-7-17(20)19-14-4-5-14)12-3-6-16-13(11-12)8-10-21-16/h3,6,11,14-15,18H,2,4-5,7-10H2,1H3,(H,19,20). The average Bonchev–Trinajstić information content (AvgIpc) is 3.17. The quantitative estimate of drug-likeness (QED) is 0.809. The summed E-state index contributed by atoms with van der Waals surface area (Å²) >= 11 is 0. The number of nitrogens with one attached hydrogen (secondary N) is 2. The monoisotopic (exact) mass is 288 g/mol. The first-order valence-corrected chi connectivity index (χ1v) is 8.04. The van der Waals surface area contributed by atoms with Crippen LogP contribution in [0.3, 0.4) is 0 Å². The Balaban J connectivity index is 1.51. The number of amides is 1. The minimum absolute atomic E-state index is 0.169. The summed E-state index contributed by atoms with van der Waals surface area (Å²) in [4.78, 5) is 11.7. The van der Waals surface area contributed by atoms with Crippen LogP contribution in [0.15, 0.2) is 18.2 Å². The second-order valence-electron chi connectivity index (χ2n) is 5.97. The third-order valence-corrected chi connectivity index (χ3v) is 4.21. The SMILES string of the molecule is CCC(NCCC(=O)NC1CC1)c1ccc2c(c1)CCO2. The van der Waals surface area contributed by atoms with Crippen molar-refractivity contribution in [1.82, 2.24) is 10.6 Å². The summed E-state index contributed by atoms with van der Waals surface area (Å²) in [6.07, 6.45) is 4.87. The molecular formula is C17H24N2O2. The van der Waals surface area contributed by atoms with Crippen molar-refractivity contribution in [2.75, 3.05) is 13.2 Å². The largest absolute Gasteiger partial charge is 0.493 e. The third-order valence-electron chi connectivity index (χ3n) is 4.21. The van der Waals surface area contributed by atoms with Gasteiger partial charge >= 0.3 is 0 Å². The van der Waals surface area contributed by atoms with E-state index in [-0.39, 0.29) is 5.91 Å². The Morgan fingerprint density at radius 3 is 3.05 bits per heavy atom. The zero-order chi connectivity index (χ0) is 14.7. The van der Waals surface area contributed by atoms with E-state index in [1.165, 1.54) is 11.1 Å². The number of carbonyl (C=O) groups is 1. The molecule has 1 aromatic rings. The Kier molecular flexibility index (Phi) is 4.44. The lowest BCUT2D eigenvalue weighted by molar-refractivity contribution is -0.121. The van der Waals surface area contributed by atoms with Crippen molar-refractivity contribution in [2.45, 2.75) is 51.1 Å². The van der Waals surface area contributed by atoms with Gasteiger partial charge in [0.05, 0.1) is 6.61 Å². The summed E-state index contributed by atoms with van der Waals surface area (Å²) in [5.74, 6) is 1.19. The number of fused-ring (bicyclic) bond motifs is 1. The maximum atomic E-state index is 11.7. The molecule has 0 aromatic heterocycles. The summed E-state index contributed by atoms with van der Waals surface area (Å²) in [6, 6.07) is 7.21. The van der Waals surface area contributed by atoms with Crippen LogP contribution in [0.5, 0.6) is 5.75 Å². The van der Waals surface area contributed by atoms with Crippen LogP contribution in [0.1, 0.15) is 49.8 Å². The predicted molar refractivity (Wildman–Crippen MR) is 82.5 cm³/mol. The Morgan fingerprint density at radius 2 is 2.29 bits per heavy atom. The van der Waals surface area contributed by atoms with Crippen LogP contribution in [0.2, 0.25) is 0 Å². The van der Waals surface area contributed by atoms with Crippen LogP contribution in [-0.2, 0) is 11.2 Å². The van der Waals surface area contributed by atoms with E-state index in [2.05, 4.69) is 35.8 Å². The van der Waals surface area contributed by atoms with Gasteiger partial charge in [-0.05, 0) is 36.5 Å². The Labute approximate surface area is 126 Å². The van der Waals surface area contributed by atoms with Crippen LogP contribution in [-0.4, -0.2) is 25.1 Å². The van der Waals surface area contributed by atoms with Crippen molar-refractivity contribution in [3.05, 3.63) is 29.3 Å². The molecule has 1 aliphatic heterocycles. The van der Waals surface area contributed by atoms with Gasteiger partial charge in [0.1, 0.15) is 5.75 Å². The molecule has 0 spiro atoms. The van der Waals surface area contributed by atoms with Gasteiger partial charge in [-0.1, -0.05) is 19.1 Å². The van der Waals surface area contributed by atoms with Gasteiger partial charge in [-0.25, -0.2) is 0 Å². The van der Waals surface area contributed by atoms with Crippen molar-refractivity contribution in [3.8, 4) is 5.75 Å². The highest BCUT2D eigenvalue weighted by Gasteiger charge is 2.23. The van der Waals surface area contributed by atoms with Crippen LogP contribution in [0.4, 0.5) is 0 Å². The summed E-state index contributed by atoms with van der Waals surface area (Å²) in [7, 11) is 0. The second kappa shape index (κ2) is 6.48. The molecule has 1 unspecified atom stereocenters. The molecule has 4 heteroatoms. The van der Waals surface area contributed by atoms with Crippen molar-refractivity contribution in [1.29, 1.82) is 0 Å². The fourth-order valence-corrected chi connectivity index (χ4v) is 2.81. The van der Waals surface area contributed by atoms with E-state index in [0.29, 0.717) is 18.5 Å². The van der Waals surface area contributed by atoms with Gasteiger partial charge in [0.2, 0.25) is 5.91 Å². The highest BCUT2D eigenvalue weighted by atomic mass is 16.5. The topological polar surface area (TPSA) is 50.4 Å². The molecule has 0 radical (unpaired) electrons. The first-order valence-electron chi connectivity index (χ1n) is 8.04. The van der Waals surface area contributed by atoms with E-state index in [4.69, 9.17) is 4.74 Å². The van der Waals surface area contributed by atoms with E-state index in [9.17, 15) is 4.79 Å². The molecule has 1 amide bonds.